The molecule has 1 atom stereocenters. The van der Waals surface area contributed by atoms with Crippen molar-refractivity contribution in [3.8, 4) is 5.75 Å². The topological polar surface area (TPSA) is 41.6 Å². The summed E-state index contributed by atoms with van der Waals surface area (Å²) < 4.78 is 6.86. The van der Waals surface area contributed by atoms with Crippen LogP contribution in [0.2, 0.25) is 0 Å². The van der Waals surface area contributed by atoms with Crippen molar-refractivity contribution >= 4 is 21.8 Å². The molecule has 2 rings (SSSR count). The van der Waals surface area contributed by atoms with Crippen LogP contribution in [0.25, 0.3) is 0 Å². The minimum absolute atomic E-state index is 0.0674. The molecule has 0 saturated carbocycles. The van der Waals surface area contributed by atoms with Gasteiger partial charge in [-0.2, -0.15) is 0 Å². The van der Waals surface area contributed by atoms with E-state index in [4.69, 9.17) is 4.74 Å². The van der Waals surface area contributed by atoms with Crippen LogP contribution >= 0.6 is 15.9 Å². The lowest BCUT2D eigenvalue weighted by Gasteiger charge is -2.25. The van der Waals surface area contributed by atoms with E-state index in [9.17, 15) is 4.79 Å². The van der Waals surface area contributed by atoms with Gasteiger partial charge in [0.05, 0.1) is 4.47 Å². The van der Waals surface area contributed by atoms with E-state index in [-0.39, 0.29) is 5.91 Å². The molecular weight excluding hydrogens is 356 g/mol. The second-order valence-electron chi connectivity index (χ2n) is 5.20. The number of amides is 1. The Balaban J connectivity index is 2.25. The summed E-state index contributed by atoms with van der Waals surface area (Å²) in [5.74, 6) is 0.582. The normalized spacial score (nSPS) is 11.8. The summed E-state index contributed by atoms with van der Waals surface area (Å²) in [6.45, 7) is 1.36. The molecule has 5 heteroatoms. The van der Waals surface area contributed by atoms with Gasteiger partial charge in [-0.3, -0.25) is 4.79 Å². The lowest BCUT2D eigenvalue weighted by molar-refractivity contribution is -0.137. The smallest absolute Gasteiger partial charge is 0.268 e. The summed E-state index contributed by atoms with van der Waals surface area (Å²) in [5, 5.41) is 3.05. The van der Waals surface area contributed by atoms with Gasteiger partial charge in [-0.15, -0.1) is 0 Å². The van der Waals surface area contributed by atoms with Crippen molar-refractivity contribution in [2.45, 2.75) is 6.10 Å². The highest BCUT2D eigenvalue weighted by Crippen LogP contribution is 2.30. The number of halogens is 1. The van der Waals surface area contributed by atoms with Crippen molar-refractivity contribution in [3.63, 3.8) is 0 Å². The predicted octanol–water partition coefficient (Wildman–Crippen LogP) is 3.25. The number of nitrogens with zero attached hydrogens (tertiary/aromatic N) is 1. The Morgan fingerprint density at radius 1 is 1.17 bits per heavy atom. The van der Waals surface area contributed by atoms with Gasteiger partial charge in [0.2, 0.25) is 6.10 Å². The van der Waals surface area contributed by atoms with Crippen LogP contribution in [0.15, 0.2) is 59.1 Å². The zero-order valence-corrected chi connectivity index (χ0v) is 14.9. The monoisotopic (exact) mass is 376 g/mol. The van der Waals surface area contributed by atoms with E-state index in [1.54, 1.807) is 11.9 Å². The number of ether oxygens (including phenoxy) is 1. The summed E-state index contributed by atoms with van der Waals surface area (Å²) in [4.78, 5) is 14.5. The quantitative estimate of drug-likeness (QED) is 0.806. The van der Waals surface area contributed by atoms with Crippen molar-refractivity contribution in [2.75, 3.05) is 27.2 Å². The first-order chi connectivity index (χ1) is 11.1. The third-order valence-corrected chi connectivity index (χ3v) is 4.14. The molecule has 1 amide bonds. The molecule has 4 nitrogen and oxygen atoms in total. The number of rotatable bonds is 7. The second kappa shape index (κ2) is 8.70. The van der Waals surface area contributed by atoms with Crippen LogP contribution in [-0.4, -0.2) is 38.0 Å². The van der Waals surface area contributed by atoms with Gasteiger partial charge in [-0.25, -0.2) is 0 Å². The SMILES string of the molecule is CNCCN(C)C(=O)C(Oc1ccccc1Br)c1ccccc1. The first kappa shape index (κ1) is 17.5. The minimum atomic E-state index is -0.670. The first-order valence-electron chi connectivity index (χ1n) is 7.49. The molecule has 23 heavy (non-hydrogen) atoms. The highest BCUT2D eigenvalue weighted by atomic mass is 79.9. The highest BCUT2D eigenvalue weighted by molar-refractivity contribution is 9.10. The molecule has 0 fully saturated rings. The Bertz CT molecular complexity index is 634. The van der Waals surface area contributed by atoms with Crippen LogP contribution in [0.5, 0.6) is 5.75 Å². The fourth-order valence-electron chi connectivity index (χ4n) is 2.15. The molecule has 0 saturated heterocycles. The number of carbonyl (C=O) groups excluding carboxylic acids is 1. The molecule has 0 aliphatic carbocycles. The summed E-state index contributed by atoms with van der Waals surface area (Å²) in [6, 6.07) is 17.1. The highest BCUT2D eigenvalue weighted by Gasteiger charge is 2.26. The molecule has 0 aliphatic rings. The van der Waals surface area contributed by atoms with Gasteiger partial charge in [0, 0.05) is 25.7 Å². The molecule has 0 aliphatic heterocycles. The van der Waals surface area contributed by atoms with Crippen molar-refractivity contribution in [1.29, 1.82) is 0 Å². The maximum Gasteiger partial charge on any atom is 0.268 e. The molecule has 0 spiro atoms. The largest absolute Gasteiger partial charge is 0.475 e. The van der Waals surface area contributed by atoms with Crippen molar-refractivity contribution < 1.29 is 9.53 Å². The van der Waals surface area contributed by atoms with Gasteiger partial charge in [-0.05, 0) is 35.1 Å². The predicted molar refractivity (Wildman–Crippen MR) is 95.5 cm³/mol. The third kappa shape index (κ3) is 4.81. The van der Waals surface area contributed by atoms with Gasteiger partial charge < -0.3 is 15.0 Å². The number of benzene rings is 2. The lowest BCUT2D eigenvalue weighted by atomic mass is 10.1. The molecular formula is C18H21BrN2O2. The van der Waals surface area contributed by atoms with Crippen LogP contribution < -0.4 is 10.1 Å². The molecule has 2 aromatic rings. The summed E-state index contributed by atoms with van der Waals surface area (Å²) in [7, 11) is 3.66. The molecule has 0 bridgehead atoms. The van der Waals surface area contributed by atoms with Crippen LogP contribution in [0.1, 0.15) is 11.7 Å². The molecule has 2 aromatic carbocycles. The summed E-state index contributed by atoms with van der Waals surface area (Å²) in [6.07, 6.45) is -0.670. The van der Waals surface area contributed by atoms with E-state index in [1.165, 1.54) is 0 Å². The zero-order chi connectivity index (χ0) is 16.7. The Morgan fingerprint density at radius 3 is 2.48 bits per heavy atom. The van der Waals surface area contributed by atoms with Crippen molar-refractivity contribution in [2.24, 2.45) is 0 Å². The lowest BCUT2D eigenvalue weighted by Crippen LogP contribution is -2.38. The standard InChI is InChI=1S/C18H21BrN2O2/c1-20-12-13-21(2)18(22)17(14-8-4-3-5-9-14)23-16-11-7-6-10-15(16)19/h3-11,17,20H,12-13H2,1-2H3. The Morgan fingerprint density at radius 2 is 1.83 bits per heavy atom. The molecule has 0 heterocycles. The first-order valence-corrected chi connectivity index (χ1v) is 8.28. The van der Waals surface area contributed by atoms with Gasteiger partial charge >= 0.3 is 0 Å². The number of nitrogens with one attached hydrogen (secondary N) is 1. The van der Waals surface area contributed by atoms with E-state index in [1.807, 2.05) is 61.6 Å². The number of carbonyl (C=O) groups is 1. The molecule has 1 unspecified atom stereocenters. The molecule has 0 radical (unpaired) electrons. The minimum Gasteiger partial charge on any atom is -0.475 e. The molecule has 0 aromatic heterocycles. The maximum atomic E-state index is 12.8. The Kier molecular flexibility index (Phi) is 6.62. The van der Waals surface area contributed by atoms with E-state index in [2.05, 4.69) is 21.2 Å². The van der Waals surface area contributed by atoms with Crippen LogP contribution in [0.3, 0.4) is 0 Å². The fraction of sp³-hybridized carbons (Fsp3) is 0.278. The van der Waals surface area contributed by atoms with E-state index in [0.29, 0.717) is 12.3 Å². The van der Waals surface area contributed by atoms with Gasteiger partial charge in [0.1, 0.15) is 5.75 Å². The average molecular weight is 377 g/mol. The van der Waals surface area contributed by atoms with E-state index in [0.717, 1.165) is 16.6 Å². The maximum absolute atomic E-state index is 12.8. The van der Waals surface area contributed by atoms with Gasteiger partial charge in [-0.1, -0.05) is 42.5 Å². The Hall–Kier alpha value is -1.85. The number of para-hydroxylation sites is 1. The van der Waals surface area contributed by atoms with Crippen LogP contribution in [0, 0.1) is 0 Å². The zero-order valence-electron chi connectivity index (χ0n) is 13.3. The number of hydrogen-bond acceptors (Lipinski definition) is 3. The van der Waals surface area contributed by atoms with Gasteiger partial charge in [0.25, 0.3) is 5.91 Å². The third-order valence-electron chi connectivity index (χ3n) is 3.48. The molecule has 1 N–H and O–H groups in total. The number of hydrogen-bond donors (Lipinski definition) is 1. The fourth-order valence-corrected chi connectivity index (χ4v) is 2.52. The van der Waals surface area contributed by atoms with Gasteiger partial charge in [0.15, 0.2) is 0 Å². The Labute approximate surface area is 145 Å². The van der Waals surface area contributed by atoms with E-state index < -0.39 is 6.10 Å². The van der Waals surface area contributed by atoms with Crippen LogP contribution in [0.4, 0.5) is 0 Å². The van der Waals surface area contributed by atoms with Crippen molar-refractivity contribution in [1.82, 2.24) is 10.2 Å². The van der Waals surface area contributed by atoms with E-state index >= 15 is 0 Å². The number of likely N-dealkylation sites (N-methyl/N-ethyl adjacent to an activating group) is 2. The molecule has 122 valence electrons. The second-order valence-corrected chi connectivity index (χ2v) is 6.06. The van der Waals surface area contributed by atoms with Crippen molar-refractivity contribution in [3.05, 3.63) is 64.6 Å². The summed E-state index contributed by atoms with van der Waals surface area (Å²) >= 11 is 3.47. The summed E-state index contributed by atoms with van der Waals surface area (Å²) in [5.41, 5.74) is 0.838. The average Bonchev–Trinajstić information content (AvgIpc) is 2.59. The van der Waals surface area contributed by atoms with Crippen LogP contribution in [-0.2, 0) is 4.79 Å².